The second-order valence-electron chi connectivity index (χ2n) is 8.92. The van der Waals surface area contributed by atoms with E-state index in [0.717, 1.165) is 29.9 Å². The quantitative estimate of drug-likeness (QED) is 0.584. The molecule has 10 nitrogen and oxygen atoms in total. The molecule has 2 N–H and O–H groups in total. The number of hydrogen-bond donors (Lipinski definition) is 2. The van der Waals surface area contributed by atoms with E-state index >= 15 is 0 Å². The van der Waals surface area contributed by atoms with Crippen molar-refractivity contribution in [3.63, 3.8) is 0 Å². The zero-order chi connectivity index (χ0) is 24.5. The number of rotatable bonds is 5. The van der Waals surface area contributed by atoms with Crippen LogP contribution in [-0.2, 0) is 16.6 Å². The lowest BCUT2D eigenvalue weighted by molar-refractivity contribution is -0.119. The van der Waals surface area contributed by atoms with E-state index in [-0.39, 0.29) is 23.9 Å². The number of anilines is 5. The van der Waals surface area contributed by atoms with Crippen molar-refractivity contribution in [2.75, 3.05) is 40.7 Å². The van der Waals surface area contributed by atoms with Crippen LogP contribution in [0.5, 0.6) is 0 Å². The van der Waals surface area contributed by atoms with Gasteiger partial charge in [-0.15, -0.1) is 0 Å². The molecule has 1 aromatic carbocycles. The molecule has 2 amide bonds. The minimum atomic E-state index is -0.274. The van der Waals surface area contributed by atoms with Crippen molar-refractivity contribution in [1.29, 1.82) is 0 Å². The van der Waals surface area contributed by atoms with Gasteiger partial charge in [-0.25, -0.2) is 4.98 Å². The van der Waals surface area contributed by atoms with Crippen LogP contribution >= 0.6 is 0 Å². The molecule has 35 heavy (non-hydrogen) atoms. The van der Waals surface area contributed by atoms with E-state index in [0.29, 0.717) is 30.4 Å². The fraction of sp³-hybridized carbons (Fsp3) is 0.360. The van der Waals surface area contributed by atoms with Gasteiger partial charge < -0.3 is 25.2 Å². The monoisotopic (exact) mass is 475 g/mol. The lowest BCUT2D eigenvalue weighted by Gasteiger charge is -2.45. The fourth-order valence-electron chi connectivity index (χ4n) is 4.73. The van der Waals surface area contributed by atoms with Crippen LogP contribution in [0.3, 0.4) is 0 Å². The smallest absolute Gasteiger partial charge is 0.256 e. The van der Waals surface area contributed by atoms with Crippen LogP contribution in [0.4, 0.5) is 28.7 Å². The molecule has 1 unspecified atom stereocenters. The SMILES string of the molecule is CC1C(=O)N(C)c2cnc(Nc3cccc(C(=O)Nc4ccn(C)n4)c3)cc2N1C1CCOCC1. The van der Waals surface area contributed by atoms with Crippen LogP contribution in [0.2, 0.25) is 0 Å². The van der Waals surface area contributed by atoms with E-state index in [2.05, 4.69) is 25.6 Å². The third kappa shape index (κ3) is 4.57. The predicted molar refractivity (Wildman–Crippen MR) is 134 cm³/mol. The Morgan fingerprint density at radius 2 is 1.89 bits per heavy atom. The normalized spacial score (nSPS) is 18.4. The number of nitrogens with zero attached hydrogens (tertiary/aromatic N) is 5. The maximum absolute atomic E-state index is 12.9. The minimum Gasteiger partial charge on any atom is -0.381 e. The number of aryl methyl sites for hydroxylation is 1. The zero-order valence-corrected chi connectivity index (χ0v) is 20.1. The number of nitrogens with one attached hydrogen (secondary N) is 2. The Balaban J connectivity index is 1.40. The summed E-state index contributed by atoms with van der Waals surface area (Å²) in [6.07, 6.45) is 5.24. The number of pyridine rings is 1. The summed E-state index contributed by atoms with van der Waals surface area (Å²) in [6, 6.07) is 10.9. The third-order valence-electron chi connectivity index (χ3n) is 6.54. The van der Waals surface area contributed by atoms with Crippen LogP contribution in [0, 0.1) is 0 Å². The highest BCUT2D eigenvalue weighted by Gasteiger charge is 2.38. The molecule has 1 atom stereocenters. The molecule has 1 fully saturated rings. The number of amides is 2. The van der Waals surface area contributed by atoms with Gasteiger partial charge in [0.15, 0.2) is 5.82 Å². The summed E-state index contributed by atoms with van der Waals surface area (Å²) in [6.45, 7) is 3.34. The number of likely N-dealkylation sites (N-methyl/N-ethyl adjacent to an activating group) is 1. The number of hydrogen-bond acceptors (Lipinski definition) is 7. The second kappa shape index (κ2) is 9.38. The lowest BCUT2D eigenvalue weighted by Crippen LogP contribution is -2.55. The van der Waals surface area contributed by atoms with Crippen LogP contribution in [0.25, 0.3) is 0 Å². The van der Waals surface area contributed by atoms with Gasteiger partial charge in [0.2, 0.25) is 5.91 Å². The molecule has 0 saturated carbocycles. The Bertz CT molecular complexity index is 1250. The Morgan fingerprint density at radius 3 is 2.63 bits per heavy atom. The summed E-state index contributed by atoms with van der Waals surface area (Å²) >= 11 is 0. The first-order valence-electron chi connectivity index (χ1n) is 11.7. The minimum absolute atomic E-state index is 0.0538. The highest BCUT2D eigenvalue weighted by Crippen LogP contribution is 2.39. The summed E-state index contributed by atoms with van der Waals surface area (Å²) in [4.78, 5) is 34.0. The maximum atomic E-state index is 12.9. The highest BCUT2D eigenvalue weighted by molar-refractivity contribution is 6.05. The van der Waals surface area contributed by atoms with E-state index in [1.807, 2.05) is 25.1 Å². The third-order valence-corrected chi connectivity index (χ3v) is 6.54. The van der Waals surface area contributed by atoms with Gasteiger partial charge in [-0.1, -0.05) is 6.07 Å². The summed E-state index contributed by atoms with van der Waals surface area (Å²) in [5.41, 5.74) is 2.99. The number of carbonyl (C=O) groups excluding carboxylic acids is 2. The maximum Gasteiger partial charge on any atom is 0.256 e. The first kappa shape index (κ1) is 22.9. The van der Waals surface area contributed by atoms with Crippen molar-refractivity contribution in [3.8, 4) is 0 Å². The van der Waals surface area contributed by atoms with Gasteiger partial charge in [0.1, 0.15) is 11.9 Å². The van der Waals surface area contributed by atoms with Crippen LogP contribution in [-0.4, -0.2) is 58.9 Å². The topological polar surface area (TPSA) is 105 Å². The average Bonchev–Trinajstić information content (AvgIpc) is 3.28. The molecule has 0 radical (unpaired) electrons. The van der Waals surface area contributed by atoms with E-state index < -0.39 is 0 Å². The van der Waals surface area contributed by atoms with Gasteiger partial charge >= 0.3 is 0 Å². The molecular formula is C25H29N7O3. The van der Waals surface area contributed by atoms with Crippen molar-refractivity contribution < 1.29 is 14.3 Å². The first-order chi connectivity index (χ1) is 16.9. The summed E-state index contributed by atoms with van der Waals surface area (Å²) in [5.74, 6) is 0.940. The highest BCUT2D eigenvalue weighted by atomic mass is 16.5. The lowest BCUT2D eigenvalue weighted by atomic mass is 10.00. The number of fused-ring (bicyclic) bond motifs is 1. The molecular weight excluding hydrogens is 446 g/mol. The summed E-state index contributed by atoms with van der Waals surface area (Å²) in [7, 11) is 3.58. The summed E-state index contributed by atoms with van der Waals surface area (Å²) in [5, 5.41) is 10.3. The first-order valence-corrected chi connectivity index (χ1v) is 11.7. The van der Waals surface area contributed by atoms with Gasteiger partial charge in [0.25, 0.3) is 5.91 Å². The summed E-state index contributed by atoms with van der Waals surface area (Å²) < 4.78 is 7.18. The van der Waals surface area contributed by atoms with E-state index in [9.17, 15) is 9.59 Å². The number of carbonyl (C=O) groups is 2. The van der Waals surface area contributed by atoms with Gasteiger partial charge in [-0.05, 0) is 38.0 Å². The van der Waals surface area contributed by atoms with Gasteiger partial charge in [0.05, 0.1) is 17.6 Å². The largest absolute Gasteiger partial charge is 0.381 e. The van der Waals surface area contributed by atoms with Crippen molar-refractivity contribution in [3.05, 3.63) is 54.4 Å². The molecule has 2 aliphatic rings. The number of ether oxygens (including phenoxy) is 1. The Kier molecular flexibility index (Phi) is 6.12. The Labute approximate surface area is 203 Å². The van der Waals surface area contributed by atoms with Crippen LogP contribution in [0.1, 0.15) is 30.1 Å². The van der Waals surface area contributed by atoms with Gasteiger partial charge in [0, 0.05) is 62.9 Å². The Morgan fingerprint density at radius 1 is 1.09 bits per heavy atom. The van der Waals surface area contributed by atoms with Gasteiger partial charge in [-0.2, -0.15) is 5.10 Å². The molecule has 2 aliphatic heterocycles. The predicted octanol–water partition coefficient (Wildman–Crippen LogP) is 3.16. The van der Waals surface area contributed by atoms with Crippen LogP contribution in [0.15, 0.2) is 48.8 Å². The average molecular weight is 476 g/mol. The molecule has 4 heterocycles. The van der Waals surface area contributed by atoms with E-state index in [1.165, 1.54) is 0 Å². The molecule has 10 heteroatoms. The molecule has 2 aromatic heterocycles. The van der Waals surface area contributed by atoms with Crippen molar-refractivity contribution in [2.24, 2.45) is 7.05 Å². The van der Waals surface area contributed by atoms with E-state index in [4.69, 9.17) is 4.74 Å². The van der Waals surface area contributed by atoms with Crippen molar-refractivity contribution >= 4 is 40.5 Å². The Hall–Kier alpha value is -3.92. The van der Waals surface area contributed by atoms with Crippen molar-refractivity contribution in [2.45, 2.75) is 31.8 Å². The van der Waals surface area contributed by atoms with Crippen LogP contribution < -0.4 is 20.4 Å². The molecule has 0 spiro atoms. The molecule has 3 aromatic rings. The van der Waals surface area contributed by atoms with Gasteiger partial charge in [-0.3, -0.25) is 14.3 Å². The van der Waals surface area contributed by atoms with Crippen molar-refractivity contribution in [1.82, 2.24) is 14.8 Å². The zero-order valence-electron chi connectivity index (χ0n) is 20.1. The second-order valence-corrected chi connectivity index (χ2v) is 8.92. The molecule has 0 aliphatic carbocycles. The molecule has 1 saturated heterocycles. The van der Waals surface area contributed by atoms with E-state index in [1.54, 1.807) is 54.3 Å². The standard InChI is InChI=1S/C25H29N7O3/c1-16-25(34)31(3)21-15-26-23(14-20(21)32(16)19-8-11-35-12-9-19)27-18-6-4-5-17(13-18)24(33)28-22-7-10-30(2)29-22/h4-7,10,13-16,19H,8-9,11-12H2,1-3H3,(H,26,27)(H,28,29,33). The molecule has 182 valence electrons. The fourth-order valence-corrected chi connectivity index (χ4v) is 4.73. The molecule has 0 bridgehead atoms. The number of aromatic nitrogens is 3. The number of benzene rings is 1. The molecule has 5 rings (SSSR count).